The summed E-state index contributed by atoms with van der Waals surface area (Å²) >= 11 is 0. The first-order valence-corrected chi connectivity index (χ1v) is 8.42. The number of benzene rings is 1. The van der Waals surface area contributed by atoms with Gasteiger partial charge >= 0.3 is 0 Å². The first-order valence-electron chi connectivity index (χ1n) is 6.94. The molecule has 0 unspecified atom stereocenters. The molecule has 20 heavy (non-hydrogen) atoms. The maximum atomic E-state index is 13.8. The fourth-order valence-corrected chi connectivity index (χ4v) is 3.80. The van der Waals surface area contributed by atoms with Gasteiger partial charge in [0.25, 0.3) is 0 Å². The van der Waals surface area contributed by atoms with Crippen LogP contribution in [0.4, 0.5) is 4.39 Å². The van der Waals surface area contributed by atoms with E-state index in [9.17, 15) is 12.8 Å². The van der Waals surface area contributed by atoms with Gasteiger partial charge in [-0.2, -0.15) is 0 Å². The van der Waals surface area contributed by atoms with E-state index in [4.69, 9.17) is 0 Å². The van der Waals surface area contributed by atoms with Gasteiger partial charge in [-0.3, -0.25) is 0 Å². The summed E-state index contributed by atoms with van der Waals surface area (Å²) in [6.45, 7) is 5.33. The Morgan fingerprint density at radius 3 is 2.65 bits per heavy atom. The largest absolute Gasteiger partial charge is 0.313 e. The van der Waals surface area contributed by atoms with Crippen LogP contribution >= 0.6 is 0 Å². The topological polar surface area (TPSA) is 58.2 Å². The van der Waals surface area contributed by atoms with Crippen LogP contribution in [0.25, 0.3) is 0 Å². The number of rotatable bonds is 6. The second kappa shape index (κ2) is 6.20. The molecule has 112 valence electrons. The van der Waals surface area contributed by atoms with Crippen LogP contribution in [-0.4, -0.2) is 21.0 Å². The Hall–Kier alpha value is -0.980. The lowest BCUT2D eigenvalue weighted by atomic mass is 9.83. The second-order valence-corrected chi connectivity index (χ2v) is 7.12. The highest BCUT2D eigenvalue weighted by Gasteiger charge is 2.31. The summed E-state index contributed by atoms with van der Waals surface area (Å²) in [6, 6.07) is 4.15. The standard InChI is InChI=1S/C14H21FN2O2S/c1-3-16-9-11-4-5-13(15)14(8-11)20(18,19)17-12-6-10(2)7-12/h4-5,8,10,12,16-17H,3,6-7,9H2,1-2H3. The van der Waals surface area contributed by atoms with Crippen LogP contribution < -0.4 is 10.0 Å². The number of sulfonamides is 1. The van der Waals surface area contributed by atoms with Crippen molar-refractivity contribution in [2.24, 2.45) is 5.92 Å². The lowest BCUT2D eigenvalue weighted by Crippen LogP contribution is -2.43. The summed E-state index contributed by atoms with van der Waals surface area (Å²) in [5.74, 6) is -0.169. The monoisotopic (exact) mass is 300 g/mol. The van der Waals surface area contributed by atoms with E-state index in [-0.39, 0.29) is 10.9 Å². The number of hydrogen-bond donors (Lipinski definition) is 2. The molecule has 1 aliphatic rings. The average Bonchev–Trinajstić information content (AvgIpc) is 2.35. The van der Waals surface area contributed by atoms with Crippen molar-refractivity contribution in [1.82, 2.24) is 10.0 Å². The van der Waals surface area contributed by atoms with E-state index >= 15 is 0 Å². The predicted molar refractivity (Wildman–Crippen MR) is 76.3 cm³/mol. The molecule has 0 radical (unpaired) electrons. The van der Waals surface area contributed by atoms with Crippen LogP contribution in [0.5, 0.6) is 0 Å². The maximum Gasteiger partial charge on any atom is 0.243 e. The normalized spacial score (nSPS) is 22.6. The molecule has 1 aromatic rings. The van der Waals surface area contributed by atoms with Gasteiger partial charge in [0.05, 0.1) is 0 Å². The summed E-state index contributed by atoms with van der Waals surface area (Å²) in [5.41, 5.74) is 0.760. The first-order chi connectivity index (χ1) is 9.42. The van der Waals surface area contributed by atoms with Crippen molar-refractivity contribution in [2.75, 3.05) is 6.54 Å². The fraction of sp³-hybridized carbons (Fsp3) is 0.571. The van der Waals surface area contributed by atoms with Crippen LogP contribution in [0.3, 0.4) is 0 Å². The van der Waals surface area contributed by atoms with Gasteiger partial charge < -0.3 is 5.32 Å². The smallest absolute Gasteiger partial charge is 0.243 e. The van der Waals surface area contributed by atoms with Crippen molar-refractivity contribution in [3.05, 3.63) is 29.6 Å². The zero-order chi connectivity index (χ0) is 14.8. The van der Waals surface area contributed by atoms with Crippen LogP contribution in [0.2, 0.25) is 0 Å². The minimum absolute atomic E-state index is 0.0631. The Labute approximate surface area is 119 Å². The summed E-state index contributed by atoms with van der Waals surface area (Å²) in [5, 5.41) is 3.09. The fourth-order valence-electron chi connectivity index (χ4n) is 2.41. The Kier molecular flexibility index (Phi) is 4.78. The van der Waals surface area contributed by atoms with Gasteiger partial charge in [-0.1, -0.05) is 19.9 Å². The number of nitrogens with one attached hydrogen (secondary N) is 2. The molecule has 0 amide bonds. The van der Waals surface area contributed by atoms with Crippen molar-refractivity contribution >= 4 is 10.0 Å². The molecule has 6 heteroatoms. The SMILES string of the molecule is CCNCc1ccc(F)c(S(=O)(=O)NC2CC(C)C2)c1. The van der Waals surface area contributed by atoms with E-state index < -0.39 is 15.8 Å². The quantitative estimate of drug-likeness (QED) is 0.845. The third-order valence-corrected chi connectivity index (χ3v) is 5.10. The highest BCUT2D eigenvalue weighted by molar-refractivity contribution is 7.89. The first kappa shape index (κ1) is 15.4. The number of hydrogen-bond acceptors (Lipinski definition) is 3. The van der Waals surface area contributed by atoms with Gasteiger partial charge in [-0.25, -0.2) is 17.5 Å². The van der Waals surface area contributed by atoms with Gasteiger partial charge in [0.2, 0.25) is 10.0 Å². The van der Waals surface area contributed by atoms with Crippen LogP contribution in [0.1, 0.15) is 32.3 Å². The summed E-state index contributed by atoms with van der Waals surface area (Å²) < 4.78 is 40.8. The van der Waals surface area contributed by atoms with Gasteiger partial charge in [0.15, 0.2) is 0 Å². The molecule has 0 aliphatic heterocycles. The molecule has 1 aromatic carbocycles. The van der Waals surface area contributed by atoms with Crippen molar-refractivity contribution in [1.29, 1.82) is 0 Å². The highest BCUT2D eigenvalue weighted by Crippen LogP contribution is 2.28. The lowest BCUT2D eigenvalue weighted by molar-refractivity contribution is 0.270. The van der Waals surface area contributed by atoms with E-state index in [1.54, 1.807) is 6.07 Å². The summed E-state index contributed by atoms with van der Waals surface area (Å²) in [6.07, 6.45) is 1.63. The number of halogens is 1. The minimum Gasteiger partial charge on any atom is -0.313 e. The molecule has 0 saturated heterocycles. The third kappa shape index (κ3) is 3.56. The van der Waals surface area contributed by atoms with Crippen LogP contribution in [-0.2, 0) is 16.6 Å². The van der Waals surface area contributed by atoms with E-state index in [0.29, 0.717) is 12.5 Å². The second-order valence-electron chi connectivity index (χ2n) is 5.44. The highest BCUT2D eigenvalue weighted by atomic mass is 32.2. The predicted octanol–water partition coefficient (Wildman–Crippen LogP) is 2.01. The van der Waals surface area contributed by atoms with E-state index in [1.165, 1.54) is 12.1 Å². The zero-order valence-electron chi connectivity index (χ0n) is 11.8. The molecule has 0 spiro atoms. The van der Waals surface area contributed by atoms with E-state index in [1.807, 2.05) is 6.92 Å². The van der Waals surface area contributed by atoms with Crippen molar-refractivity contribution < 1.29 is 12.8 Å². The lowest BCUT2D eigenvalue weighted by Gasteiger charge is -2.32. The third-order valence-electron chi connectivity index (χ3n) is 3.56. The summed E-state index contributed by atoms with van der Waals surface area (Å²) in [7, 11) is -3.77. The molecule has 0 aromatic heterocycles. The maximum absolute atomic E-state index is 13.8. The van der Waals surface area contributed by atoms with Crippen molar-refractivity contribution in [3.63, 3.8) is 0 Å². The molecule has 2 rings (SSSR count). The Balaban J connectivity index is 2.16. The Bertz CT molecular complexity index is 569. The molecule has 0 heterocycles. The molecule has 1 aliphatic carbocycles. The average molecular weight is 300 g/mol. The molecular formula is C14H21FN2O2S. The molecular weight excluding hydrogens is 279 g/mol. The zero-order valence-corrected chi connectivity index (χ0v) is 12.6. The molecule has 0 bridgehead atoms. The van der Waals surface area contributed by atoms with Gasteiger partial charge in [-0.15, -0.1) is 0 Å². The van der Waals surface area contributed by atoms with Crippen molar-refractivity contribution in [3.8, 4) is 0 Å². The molecule has 2 N–H and O–H groups in total. The van der Waals surface area contributed by atoms with Crippen molar-refractivity contribution in [2.45, 2.75) is 44.2 Å². The van der Waals surface area contributed by atoms with Gasteiger partial charge in [-0.05, 0) is 43.0 Å². The Morgan fingerprint density at radius 2 is 2.05 bits per heavy atom. The van der Waals surface area contributed by atoms with Crippen LogP contribution in [0.15, 0.2) is 23.1 Å². The van der Waals surface area contributed by atoms with Gasteiger partial charge in [0, 0.05) is 12.6 Å². The van der Waals surface area contributed by atoms with E-state index in [0.717, 1.165) is 24.9 Å². The molecule has 4 nitrogen and oxygen atoms in total. The molecule has 1 saturated carbocycles. The Morgan fingerprint density at radius 1 is 1.35 bits per heavy atom. The minimum atomic E-state index is -3.77. The van der Waals surface area contributed by atoms with Gasteiger partial charge in [0.1, 0.15) is 10.7 Å². The van der Waals surface area contributed by atoms with E-state index in [2.05, 4.69) is 17.0 Å². The molecule has 1 fully saturated rings. The summed E-state index contributed by atoms with van der Waals surface area (Å²) in [4.78, 5) is -0.257. The molecule has 0 atom stereocenters. The van der Waals surface area contributed by atoms with Crippen LogP contribution in [0, 0.1) is 11.7 Å².